The predicted molar refractivity (Wildman–Crippen MR) is 98.6 cm³/mol. The van der Waals surface area contributed by atoms with Crippen molar-refractivity contribution < 1.29 is 4.74 Å². The molecule has 0 saturated carbocycles. The number of nitrogens with two attached hydrogens (primary N) is 1. The van der Waals surface area contributed by atoms with Crippen LogP contribution in [0.25, 0.3) is 0 Å². The minimum Gasteiger partial charge on any atom is -0.493 e. The Hall–Kier alpha value is -2.54. The molecule has 0 fully saturated rings. The fourth-order valence-corrected chi connectivity index (χ4v) is 3.08. The van der Waals surface area contributed by atoms with Gasteiger partial charge in [-0.15, -0.1) is 0 Å². The van der Waals surface area contributed by atoms with Gasteiger partial charge in [0, 0.05) is 30.8 Å². The van der Waals surface area contributed by atoms with Crippen molar-refractivity contribution in [3.63, 3.8) is 0 Å². The topological polar surface area (TPSA) is 80.7 Å². The molecule has 0 bridgehead atoms. The summed E-state index contributed by atoms with van der Waals surface area (Å²) in [6.07, 6.45) is 4.75. The Kier molecular flexibility index (Phi) is 5.23. The minimum absolute atomic E-state index is 0.130. The summed E-state index contributed by atoms with van der Waals surface area (Å²) in [5.41, 5.74) is 8.41. The summed E-state index contributed by atoms with van der Waals surface area (Å²) in [4.78, 5) is 6.68. The number of ether oxygens (including phenoxy) is 1. The highest BCUT2D eigenvalue weighted by atomic mass is 16.5. The number of hydrogen-bond acceptors (Lipinski definition) is 4. The number of rotatable bonds is 5. The Morgan fingerprint density at radius 3 is 3.00 bits per heavy atom. The zero-order valence-corrected chi connectivity index (χ0v) is 15.0. The van der Waals surface area contributed by atoms with E-state index < -0.39 is 0 Å². The highest BCUT2D eigenvalue weighted by molar-refractivity contribution is 5.78. The highest BCUT2D eigenvalue weighted by Crippen LogP contribution is 2.31. The standard InChI is InChI=1S/C18H26N6O/c1-23(2)16(13-10-21-24(3)12-13)11-20-18(19)22-15-8-9-25-17-7-5-4-6-14(15)17/h4-7,10,12,15-16H,8-9,11H2,1-3H3,(H3,19,20,22). The summed E-state index contributed by atoms with van der Waals surface area (Å²) in [6, 6.07) is 8.31. The van der Waals surface area contributed by atoms with Gasteiger partial charge in [-0.1, -0.05) is 18.2 Å². The lowest BCUT2D eigenvalue weighted by atomic mass is 10.0. The molecule has 1 aliphatic heterocycles. The zero-order valence-electron chi connectivity index (χ0n) is 15.0. The number of fused-ring (bicyclic) bond motifs is 1. The van der Waals surface area contributed by atoms with Crippen molar-refractivity contribution >= 4 is 5.96 Å². The van der Waals surface area contributed by atoms with Crippen LogP contribution in [0, 0.1) is 0 Å². The average molecular weight is 342 g/mol. The SMILES string of the molecule is CN(C)C(CN=C(N)NC1CCOc2ccccc21)c1cnn(C)c1. The van der Waals surface area contributed by atoms with Crippen LogP contribution >= 0.6 is 0 Å². The molecule has 3 rings (SSSR count). The Labute approximate surface area is 148 Å². The van der Waals surface area contributed by atoms with Crippen molar-refractivity contribution in [1.82, 2.24) is 20.0 Å². The van der Waals surface area contributed by atoms with Crippen LogP contribution in [-0.4, -0.2) is 47.9 Å². The molecular formula is C18H26N6O. The molecule has 0 radical (unpaired) electrons. The van der Waals surface area contributed by atoms with Gasteiger partial charge in [0.15, 0.2) is 5.96 Å². The molecule has 2 unspecified atom stereocenters. The maximum Gasteiger partial charge on any atom is 0.189 e. The highest BCUT2D eigenvalue weighted by Gasteiger charge is 2.21. The smallest absolute Gasteiger partial charge is 0.189 e. The van der Waals surface area contributed by atoms with Gasteiger partial charge in [0.1, 0.15) is 5.75 Å². The number of aliphatic imine (C=N–C) groups is 1. The van der Waals surface area contributed by atoms with Crippen molar-refractivity contribution in [2.24, 2.45) is 17.8 Å². The van der Waals surface area contributed by atoms with E-state index in [0.717, 1.165) is 23.3 Å². The largest absolute Gasteiger partial charge is 0.493 e. The van der Waals surface area contributed by atoms with E-state index in [0.29, 0.717) is 19.1 Å². The minimum atomic E-state index is 0.130. The monoisotopic (exact) mass is 342 g/mol. The first-order chi connectivity index (χ1) is 12.0. The fraction of sp³-hybridized carbons (Fsp3) is 0.444. The van der Waals surface area contributed by atoms with Crippen molar-refractivity contribution in [2.45, 2.75) is 18.5 Å². The summed E-state index contributed by atoms with van der Waals surface area (Å²) < 4.78 is 7.49. The summed E-state index contributed by atoms with van der Waals surface area (Å²) in [7, 11) is 5.98. The van der Waals surface area contributed by atoms with E-state index in [1.54, 1.807) is 4.68 Å². The van der Waals surface area contributed by atoms with Gasteiger partial charge in [0.25, 0.3) is 0 Å². The van der Waals surface area contributed by atoms with Crippen molar-refractivity contribution in [1.29, 1.82) is 0 Å². The van der Waals surface area contributed by atoms with E-state index >= 15 is 0 Å². The molecule has 0 saturated heterocycles. The average Bonchev–Trinajstić information content (AvgIpc) is 3.01. The number of hydrogen-bond donors (Lipinski definition) is 2. The van der Waals surface area contributed by atoms with Gasteiger partial charge in [0.2, 0.25) is 0 Å². The van der Waals surface area contributed by atoms with Gasteiger partial charge in [0.05, 0.1) is 31.4 Å². The maximum atomic E-state index is 6.15. The Bertz CT molecular complexity index is 739. The first-order valence-electron chi connectivity index (χ1n) is 8.47. The second kappa shape index (κ2) is 7.57. The first kappa shape index (κ1) is 17.3. The summed E-state index contributed by atoms with van der Waals surface area (Å²) in [5, 5.41) is 7.58. The number of aromatic nitrogens is 2. The molecule has 7 nitrogen and oxygen atoms in total. The number of nitrogens with one attached hydrogen (secondary N) is 1. The molecule has 3 N–H and O–H groups in total. The number of nitrogens with zero attached hydrogens (tertiary/aromatic N) is 4. The maximum absolute atomic E-state index is 6.15. The number of para-hydroxylation sites is 1. The number of aryl methyl sites for hydroxylation is 1. The summed E-state index contributed by atoms with van der Waals surface area (Å²) in [5.74, 6) is 1.37. The van der Waals surface area contributed by atoms with Gasteiger partial charge in [-0.05, 0) is 20.2 Å². The van der Waals surface area contributed by atoms with Crippen LogP contribution < -0.4 is 15.8 Å². The molecule has 134 valence electrons. The van der Waals surface area contributed by atoms with E-state index in [1.165, 1.54) is 0 Å². The van der Waals surface area contributed by atoms with Crippen LogP contribution in [0.1, 0.15) is 29.6 Å². The number of likely N-dealkylation sites (N-methyl/N-ethyl adjacent to an activating group) is 1. The van der Waals surface area contributed by atoms with Gasteiger partial charge in [-0.2, -0.15) is 5.10 Å². The molecule has 25 heavy (non-hydrogen) atoms. The molecule has 0 aliphatic carbocycles. The molecule has 0 spiro atoms. The second-order valence-corrected chi connectivity index (χ2v) is 6.52. The number of benzene rings is 1. The van der Waals surface area contributed by atoms with Crippen LogP contribution in [0.5, 0.6) is 5.75 Å². The lowest BCUT2D eigenvalue weighted by Gasteiger charge is -2.27. The molecule has 7 heteroatoms. The van der Waals surface area contributed by atoms with Crippen LogP contribution in [0.15, 0.2) is 41.7 Å². The normalized spacial score (nSPS) is 18.6. The molecule has 1 aromatic heterocycles. The van der Waals surface area contributed by atoms with Crippen LogP contribution in [-0.2, 0) is 7.05 Å². The number of guanidine groups is 1. The molecule has 0 amide bonds. The fourth-order valence-electron chi connectivity index (χ4n) is 3.08. The van der Waals surface area contributed by atoms with Gasteiger partial charge in [-0.25, -0.2) is 0 Å². The predicted octanol–water partition coefficient (Wildman–Crippen LogP) is 1.45. The third kappa shape index (κ3) is 4.11. The second-order valence-electron chi connectivity index (χ2n) is 6.52. The van der Waals surface area contributed by atoms with E-state index in [9.17, 15) is 0 Å². The van der Waals surface area contributed by atoms with Crippen LogP contribution in [0.4, 0.5) is 0 Å². The van der Waals surface area contributed by atoms with Crippen molar-refractivity contribution in [2.75, 3.05) is 27.2 Å². The Morgan fingerprint density at radius 2 is 2.28 bits per heavy atom. The third-order valence-corrected chi connectivity index (χ3v) is 4.45. The van der Waals surface area contributed by atoms with Crippen molar-refractivity contribution in [3.8, 4) is 5.75 Å². The lowest BCUT2D eigenvalue weighted by molar-refractivity contribution is 0.262. The molecule has 2 atom stereocenters. The molecule has 2 heterocycles. The molecule has 1 aromatic carbocycles. The van der Waals surface area contributed by atoms with Gasteiger partial charge >= 0.3 is 0 Å². The molecule has 2 aromatic rings. The van der Waals surface area contributed by atoms with Crippen LogP contribution in [0.3, 0.4) is 0 Å². The quantitative estimate of drug-likeness (QED) is 0.635. The Balaban J connectivity index is 1.67. The van der Waals surface area contributed by atoms with E-state index in [1.807, 2.05) is 51.7 Å². The van der Waals surface area contributed by atoms with Gasteiger partial charge < -0.3 is 20.7 Å². The summed E-state index contributed by atoms with van der Waals surface area (Å²) in [6.45, 7) is 1.25. The molecular weight excluding hydrogens is 316 g/mol. The van der Waals surface area contributed by atoms with E-state index in [4.69, 9.17) is 10.5 Å². The lowest BCUT2D eigenvalue weighted by Crippen LogP contribution is -2.38. The van der Waals surface area contributed by atoms with E-state index in [2.05, 4.69) is 26.4 Å². The van der Waals surface area contributed by atoms with Gasteiger partial charge in [-0.3, -0.25) is 9.67 Å². The van der Waals surface area contributed by atoms with Crippen LogP contribution in [0.2, 0.25) is 0 Å². The first-order valence-corrected chi connectivity index (χ1v) is 8.47. The van der Waals surface area contributed by atoms with E-state index in [-0.39, 0.29) is 12.1 Å². The Morgan fingerprint density at radius 1 is 1.48 bits per heavy atom. The zero-order chi connectivity index (χ0) is 17.8. The molecule has 1 aliphatic rings. The third-order valence-electron chi connectivity index (χ3n) is 4.45. The van der Waals surface area contributed by atoms with Crippen molar-refractivity contribution in [3.05, 3.63) is 47.8 Å². The summed E-state index contributed by atoms with van der Waals surface area (Å²) >= 11 is 0.